The minimum absolute atomic E-state index is 0.0232. The zero-order chi connectivity index (χ0) is 19.2. The average Bonchev–Trinajstić information content (AvgIpc) is 2.98. The number of benzene rings is 1. The normalized spacial score (nSPS) is 16.0. The molecule has 1 N–H and O–H groups in total. The van der Waals surface area contributed by atoms with Crippen LogP contribution in [0.15, 0.2) is 27.7 Å². The molecule has 3 rings (SSSR count). The number of nitrogens with one attached hydrogen (secondary N) is 1. The first-order valence-electron chi connectivity index (χ1n) is 9.30. The number of amides is 2. The number of aromatic nitrogens is 1. The second-order valence-corrected chi connectivity index (χ2v) is 9.55. The summed E-state index contributed by atoms with van der Waals surface area (Å²) in [6.45, 7) is 2.80. The number of hydrogen-bond donors (Lipinski definition) is 1. The van der Waals surface area contributed by atoms with Gasteiger partial charge >= 0.3 is 0 Å². The van der Waals surface area contributed by atoms with Gasteiger partial charge in [0, 0.05) is 17.1 Å². The van der Waals surface area contributed by atoms with Gasteiger partial charge in [0.2, 0.25) is 5.91 Å². The first-order valence-corrected chi connectivity index (χ1v) is 12.1. The van der Waals surface area contributed by atoms with Crippen LogP contribution in [0, 0.1) is 0 Å². The summed E-state index contributed by atoms with van der Waals surface area (Å²) >= 11 is 6.32. The highest BCUT2D eigenvalue weighted by Crippen LogP contribution is 2.22. The highest BCUT2D eigenvalue weighted by molar-refractivity contribution is 9.10. The first kappa shape index (κ1) is 20.6. The minimum Gasteiger partial charge on any atom is -0.353 e. The van der Waals surface area contributed by atoms with Crippen LogP contribution in [0.1, 0.15) is 39.0 Å². The molecule has 1 saturated carbocycles. The lowest BCUT2D eigenvalue weighted by Crippen LogP contribution is -2.37. The molecule has 1 aromatic heterocycles. The molecule has 5 nitrogen and oxygen atoms in total. The third kappa shape index (κ3) is 5.68. The van der Waals surface area contributed by atoms with Gasteiger partial charge in [0.15, 0.2) is 4.80 Å². The summed E-state index contributed by atoms with van der Waals surface area (Å²) in [5.41, 5.74) is 1.08. The minimum atomic E-state index is -0.196. The van der Waals surface area contributed by atoms with Gasteiger partial charge in [0.05, 0.1) is 21.7 Å². The molecular formula is C19H24BrN3O2S2. The van der Waals surface area contributed by atoms with Crippen molar-refractivity contribution in [1.82, 2.24) is 9.88 Å². The summed E-state index contributed by atoms with van der Waals surface area (Å²) in [4.78, 5) is 29.3. The van der Waals surface area contributed by atoms with E-state index in [4.69, 9.17) is 0 Å². The van der Waals surface area contributed by atoms with Gasteiger partial charge in [-0.25, -0.2) is 0 Å². The van der Waals surface area contributed by atoms with E-state index in [0.717, 1.165) is 34.1 Å². The van der Waals surface area contributed by atoms with Gasteiger partial charge in [-0.1, -0.05) is 46.5 Å². The summed E-state index contributed by atoms with van der Waals surface area (Å²) in [7, 11) is 0. The van der Waals surface area contributed by atoms with E-state index in [-0.39, 0.29) is 17.6 Å². The highest BCUT2D eigenvalue weighted by Gasteiger charge is 2.15. The molecule has 0 aliphatic heterocycles. The van der Waals surface area contributed by atoms with E-state index < -0.39 is 0 Å². The van der Waals surface area contributed by atoms with Crippen LogP contribution in [-0.2, 0) is 16.1 Å². The Bertz CT molecular complexity index is 885. The molecule has 1 fully saturated rings. The number of carbonyl (C=O) groups is 2. The maximum absolute atomic E-state index is 12.3. The Morgan fingerprint density at radius 2 is 2.07 bits per heavy atom. The van der Waals surface area contributed by atoms with E-state index in [1.165, 1.54) is 42.4 Å². The number of rotatable bonds is 6. The van der Waals surface area contributed by atoms with Crippen molar-refractivity contribution in [2.75, 3.05) is 11.5 Å². The fourth-order valence-electron chi connectivity index (χ4n) is 3.32. The molecule has 8 heteroatoms. The van der Waals surface area contributed by atoms with Crippen molar-refractivity contribution in [1.29, 1.82) is 0 Å². The van der Waals surface area contributed by atoms with Gasteiger partial charge in [-0.05, 0) is 38.0 Å². The van der Waals surface area contributed by atoms with Gasteiger partial charge in [0.25, 0.3) is 5.91 Å². The topological polar surface area (TPSA) is 63.5 Å². The Hall–Kier alpha value is -1.12. The number of halogens is 1. The Labute approximate surface area is 175 Å². The van der Waals surface area contributed by atoms with Gasteiger partial charge < -0.3 is 9.88 Å². The molecule has 1 aliphatic rings. The molecule has 0 unspecified atom stereocenters. The molecular weight excluding hydrogens is 446 g/mol. The molecule has 27 heavy (non-hydrogen) atoms. The number of nitrogens with zero attached hydrogens (tertiary/aromatic N) is 2. The summed E-state index contributed by atoms with van der Waals surface area (Å²) in [5, 5.41) is 3.08. The van der Waals surface area contributed by atoms with Gasteiger partial charge in [-0.2, -0.15) is 4.99 Å². The van der Waals surface area contributed by atoms with E-state index in [1.54, 1.807) is 0 Å². The van der Waals surface area contributed by atoms with Crippen molar-refractivity contribution in [3.8, 4) is 0 Å². The zero-order valence-electron chi connectivity index (χ0n) is 15.4. The van der Waals surface area contributed by atoms with E-state index in [1.807, 2.05) is 29.7 Å². The first-order chi connectivity index (χ1) is 13.1. The molecule has 2 aromatic rings. The average molecular weight is 470 g/mol. The fourth-order valence-corrected chi connectivity index (χ4v) is 5.60. The van der Waals surface area contributed by atoms with Crippen molar-refractivity contribution >= 4 is 61.1 Å². The largest absolute Gasteiger partial charge is 0.353 e. The van der Waals surface area contributed by atoms with Crippen LogP contribution >= 0.6 is 39.0 Å². The molecule has 1 aliphatic carbocycles. The molecule has 146 valence electrons. The summed E-state index contributed by atoms with van der Waals surface area (Å²) in [6, 6.07) is 6.38. The Kier molecular flexibility index (Phi) is 7.55. The molecule has 2 amide bonds. The standard InChI is InChI=1S/C19H24BrN3O2S2/c1-2-23-15-9-8-13(20)10-16(15)27-19(23)22-18(25)12-26-11-17(24)21-14-6-4-3-5-7-14/h8-10,14H,2-7,11-12H2,1H3,(H,21,24). The predicted molar refractivity (Wildman–Crippen MR) is 116 cm³/mol. The summed E-state index contributed by atoms with van der Waals surface area (Å²) in [6.07, 6.45) is 5.80. The van der Waals surface area contributed by atoms with Crippen LogP contribution in [0.5, 0.6) is 0 Å². The van der Waals surface area contributed by atoms with Crippen LogP contribution in [-0.4, -0.2) is 33.9 Å². The van der Waals surface area contributed by atoms with Crippen molar-refractivity contribution in [2.24, 2.45) is 4.99 Å². The zero-order valence-corrected chi connectivity index (χ0v) is 18.6. The fraction of sp³-hybridized carbons (Fsp3) is 0.526. The van der Waals surface area contributed by atoms with Gasteiger partial charge in [-0.15, -0.1) is 11.8 Å². The molecule has 0 spiro atoms. The van der Waals surface area contributed by atoms with Crippen LogP contribution in [0.3, 0.4) is 0 Å². The molecule has 0 saturated heterocycles. The SMILES string of the molecule is CCn1c(=NC(=O)CSCC(=O)NC2CCCCC2)sc2cc(Br)ccc21. The molecule has 0 atom stereocenters. The van der Waals surface area contributed by atoms with Crippen molar-refractivity contribution < 1.29 is 9.59 Å². The highest BCUT2D eigenvalue weighted by atomic mass is 79.9. The van der Waals surface area contributed by atoms with Gasteiger partial charge in [-0.3, -0.25) is 9.59 Å². The Balaban J connectivity index is 1.57. The lowest BCUT2D eigenvalue weighted by molar-refractivity contribution is -0.119. The number of carbonyl (C=O) groups excluding carboxylic acids is 2. The molecule has 1 heterocycles. The van der Waals surface area contributed by atoms with Crippen LogP contribution in [0.4, 0.5) is 0 Å². The smallest absolute Gasteiger partial charge is 0.258 e. The predicted octanol–water partition coefficient (Wildman–Crippen LogP) is 4.09. The molecule has 0 bridgehead atoms. The summed E-state index contributed by atoms with van der Waals surface area (Å²) in [5.74, 6) is 0.360. The number of hydrogen-bond acceptors (Lipinski definition) is 4. The van der Waals surface area contributed by atoms with E-state index in [0.29, 0.717) is 16.6 Å². The maximum Gasteiger partial charge on any atom is 0.258 e. The Morgan fingerprint density at radius 1 is 1.30 bits per heavy atom. The number of thioether (sulfide) groups is 1. The van der Waals surface area contributed by atoms with Crippen molar-refractivity contribution in [3.63, 3.8) is 0 Å². The summed E-state index contributed by atoms with van der Waals surface area (Å²) < 4.78 is 4.15. The lowest BCUT2D eigenvalue weighted by atomic mass is 9.95. The van der Waals surface area contributed by atoms with Crippen molar-refractivity contribution in [3.05, 3.63) is 27.5 Å². The molecule has 1 aromatic carbocycles. The van der Waals surface area contributed by atoms with E-state index in [9.17, 15) is 9.59 Å². The maximum atomic E-state index is 12.3. The number of fused-ring (bicyclic) bond motifs is 1. The van der Waals surface area contributed by atoms with E-state index in [2.05, 4.69) is 26.2 Å². The second-order valence-electron chi connectivity index (χ2n) is 6.64. The number of aryl methyl sites for hydroxylation is 1. The van der Waals surface area contributed by atoms with Crippen LogP contribution < -0.4 is 10.1 Å². The van der Waals surface area contributed by atoms with Gasteiger partial charge in [0.1, 0.15) is 0 Å². The van der Waals surface area contributed by atoms with Crippen LogP contribution in [0.2, 0.25) is 0 Å². The monoisotopic (exact) mass is 469 g/mol. The quantitative estimate of drug-likeness (QED) is 0.692. The second kappa shape index (κ2) is 9.89. The van der Waals surface area contributed by atoms with Crippen molar-refractivity contribution in [2.45, 2.75) is 51.6 Å². The number of thiazole rings is 1. The third-order valence-electron chi connectivity index (χ3n) is 4.61. The van der Waals surface area contributed by atoms with E-state index >= 15 is 0 Å². The van der Waals surface area contributed by atoms with Crippen LogP contribution in [0.25, 0.3) is 10.2 Å². The Morgan fingerprint density at radius 3 is 2.81 bits per heavy atom. The lowest BCUT2D eigenvalue weighted by Gasteiger charge is -2.22. The third-order valence-corrected chi connectivity index (χ3v) is 7.06. The molecule has 0 radical (unpaired) electrons.